The number of carbonyl (C=O) groups is 2. The molecule has 6 nitrogen and oxygen atoms in total. The SMILES string of the molecule is CN(C)CCN(C(=O)CC(=O)O)C1CCN(C)CC1. The van der Waals surface area contributed by atoms with Crippen LogP contribution < -0.4 is 0 Å². The molecule has 19 heavy (non-hydrogen) atoms. The quantitative estimate of drug-likeness (QED) is 0.686. The summed E-state index contributed by atoms with van der Waals surface area (Å²) >= 11 is 0. The van der Waals surface area contributed by atoms with Gasteiger partial charge in [-0.25, -0.2) is 0 Å². The molecule has 0 unspecified atom stereocenters. The molecule has 0 spiro atoms. The predicted molar refractivity (Wildman–Crippen MR) is 73.0 cm³/mol. The zero-order valence-corrected chi connectivity index (χ0v) is 12.1. The highest BCUT2D eigenvalue weighted by atomic mass is 16.4. The molecule has 0 bridgehead atoms. The number of nitrogens with zero attached hydrogens (tertiary/aromatic N) is 3. The predicted octanol–water partition coefficient (Wildman–Crippen LogP) is -0.0545. The van der Waals surface area contributed by atoms with Crippen LogP contribution in [0.4, 0.5) is 0 Å². The number of likely N-dealkylation sites (tertiary alicyclic amines) is 1. The van der Waals surface area contributed by atoms with Crippen LogP contribution in [0.5, 0.6) is 0 Å². The van der Waals surface area contributed by atoms with Crippen molar-refractivity contribution in [2.24, 2.45) is 0 Å². The molecule has 1 rings (SSSR count). The third-order valence-electron chi connectivity index (χ3n) is 3.54. The van der Waals surface area contributed by atoms with Gasteiger partial charge in [-0.15, -0.1) is 0 Å². The van der Waals surface area contributed by atoms with Gasteiger partial charge in [0, 0.05) is 19.1 Å². The van der Waals surface area contributed by atoms with Gasteiger partial charge in [0.2, 0.25) is 5.91 Å². The highest BCUT2D eigenvalue weighted by molar-refractivity contribution is 5.93. The fourth-order valence-corrected chi connectivity index (χ4v) is 2.36. The topological polar surface area (TPSA) is 64.1 Å². The van der Waals surface area contributed by atoms with E-state index in [-0.39, 0.29) is 11.9 Å². The van der Waals surface area contributed by atoms with E-state index in [0.717, 1.165) is 32.5 Å². The molecule has 1 amide bonds. The maximum Gasteiger partial charge on any atom is 0.312 e. The second-order valence-electron chi connectivity index (χ2n) is 5.50. The molecule has 1 saturated heterocycles. The Hall–Kier alpha value is -1.14. The first-order valence-electron chi connectivity index (χ1n) is 6.74. The van der Waals surface area contributed by atoms with E-state index >= 15 is 0 Å². The Morgan fingerprint density at radius 2 is 1.79 bits per heavy atom. The van der Waals surface area contributed by atoms with Gasteiger partial charge in [-0.2, -0.15) is 0 Å². The zero-order chi connectivity index (χ0) is 14.4. The van der Waals surface area contributed by atoms with Crippen LogP contribution in [-0.2, 0) is 9.59 Å². The second-order valence-corrected chi connectivity index (χ2v) is 5.50. The van der Waals surface area contributed by atoms with Crippen LogP contribution in [0.25, 0.3) is 0 Å². The van der Waals surface area contributed by atoms with Crippen molar-refractivity contribution >= 4 is 11.9 Å². The lowest BCUT2D eigenvalue weighted by Crippen LogP contribution is -2.49. The largest absolute Gasteiger partial charge is 0.481 e. The molecular weight excluding hydrogens is 246 g/mol. The van der Waals surface area contributed by atoms with E-state index in [9.17, 15) is 9.59 Å². The number of likely N-dealkylation sites (N-methyl/N-ethyl adjacent to an activating group) is 1. The molecule has 0 aromatic carbocycles. The van der Waals surface area contributed by atoms with E-state index in [2.05, 4.69) is 11.9 Å². The summed E-state index contributed by atoms with van der Waals surface area (Å²) in [7, 11) is 5.97. The van der Waals surface area contributed by atoms with Gasteiger partial charge in [0.05, 0.1) is 0 Å². The molecule has 0 saturated carbocycles. The summed E-state index contributed by atoms with van der Waals surface area (Å²) in [6.07, 6.45) is 1.45. The molecule has 1 aliphatic heterocycles. The van der Waals surface area contributed by atoms with Crippen LogP contribution >= 0.6 is 0 Å². The van der Waals surface area contributed by atoms with Crippen molar-refractivity contribution in [1.29, 1.82) is 0 Å². The van der Waals surface area contributed by atoms with E-state index in [4.69, 9.17) is 5.11 Å². The minimum atomic E-state index is -1.05. The number of rotatable bonds is 6. The fourth-order valence-electron chi connectivity index (χ4n) is 2.36. The molecule has 1 N–H and O–H groups in total. The van der Waals surface area contributed by atoms with Crippen LogP contribution in [0.15, 0.2) is 0 Å². The number of carboxylic acids is 1. The molecular formula is C13H25N3O3. The summed E-state index contributed by atoms with van der Waals surface area (Å²) in [5.74, 6) is -1.31. The van der Waals surface area contributed by atoms with Crippen LogP contribution in [0.3, 0.4) is 0 Å². The molecule has 0 aromatic heterocycles. The first kappa shape index (κ1) is 15.9. The van der Waals surface area contributed by atoms with Gasteiger partial charge in [-0.1, -0.05) is 0 Å². The van der Waals surface area contributed by atoms with Crippen LogP contribution in [0.2, 0.25) is 0 Å². The third kappa shape index (κ3) is 5.57. The zero-order valence-electron chi connectivity index (χ0n) is 12.1. The number of hydrogen-bond acceptors (Lipinski definition) is 4. The van der Waals surface area contributed by atoms with Crippen LogP contribution in [0, 0.1) is 0 Å². The lowest BCUT2D eigenvalue weighted by atomic mass is 10.0. The van der Waals surface area contributed by atoms with Gasteiger partial charge in [0.15, 0.2) is 0 Å². The van der Waals surface area contributed by atoms with Crippen molar-refractivity contribution in [1.82, 2.24) is 14.7 Å². The van der Waals surface area contributed by atoms with Crippen molar-refractivity contribution in [3.8, 4) is 0 Å². The number of carbonyl (C=O) groups excluding carboxylic acids is 1. The van der Waals surface area contributed by atoms with E-state index in [1.807, 2.05) is 19.0 Å². The van der Waals surface area contributed by atoms with Crippen molar-refractivity contribution in [2.45, 2.75) is 25.3 Å². The number of hydrogen-bond donors (Lipinski definition) is 1. The third-order valence-corrected chi connectivity index (χ3v) is 3.54. The molecule has 1 fully saturated rings. The van der Waals surface area contributed by atoms with Gasteiger partial charge in [0.1, 0.15) is 6.42 Å². The number of carboxylic acid groups (broad SMARTS) is 1. The second kappa shape index (κ2) is 7.45. The minimum Gasteiger partial charge on any atom is -0.481 e. The smallest absolute Gasteiger partial charge is 0.312 e. The summed E-state index contributed by atoms with van der Waals surface area (Å²) in [5, 5.41) is 8.78. The van der Waals surface area contributed by atoms with Crippen molar-refractivity contribution in [3.63, 3.8) is 0 Å². The van der Waals surface area contributed by atoms with Gasteiger partial charge in [-0.05, 0) is 47.1 Å². The Bertz CT molecular complexity index is 312. The Kier molecular flexibility index (Phi) is 6.24. The first-order valence-corrected chi connectivity index (χ1v) is 6.74. The highest BCUT2D eigenvalue weighted by Crippen LogP contribution is 2.16. The van der Waals surface area contributed by atoms with Crippen LogP contribution in [-0.4, -0.2) is 85.0 Å². The Balaban J connectivity index is 2.62. The van der Waals surface area contributed by atoms with Crippen molar-refractivity contribution in [3.05, 3.63) is 0 Å². The van der Waals surface area contributed by atoms with E-state index in [1.54, 1.807) is 4.90 Å². The lowest BCUT2D eigenvalue weighted by molar-refractivity contribution is -0.145. The van der Waals surface area contributed by atoms with Gasteiger partial charge < -0.3 is 19.8 Å². The van der Waals surface area contributed by atoms with E-state index in [1.165, 1.54) is 0 Å². The fraction of sp³-hybridized carbons (Fsp3) is 0.846. The number of aliphatic carboxylic acids is 1. The van der Waals surface area contributed by atoms with E-state index < -0.39 is 12.4 Å². The number of amides is 1. The Morgan fingerprint density at radius 1 is 1.21 bits per heavy atom. The van der Waals surface area contributed by atoms with Crippen molar-refractivity contribution < 1.29 is 14.7 Å². The van der Waals surface area contributed by atoms with E-state index in [0.29, 0.717) is 6.54 Å². The van der Waals surface area contributed by atoms with Gasteiger partial charge in [-0.3, -0.25) is 9.59 Å². The van der Waals surface area contributed by atoms with Gasteiger partial charge in [0.25, 0.3) is 0 Å². The molecule has 6 heteroatoms. The number of piperidine rings is 1. The molecule has 0 radical (unpaired) electrons. The molecule has 1 aliphatic rings. The maximum absolute atomic E-state index is 12.1. The van der Waals surface area contributed by atoms with Crippen LogP contribution in [0.1, 0.15) is 19.3 Å². The first-order chi connectivity index (χ1) is 8.90. The summed E-state index contributed by atoms with van der Waals surface area (Å²) < 4.78 is 0. The average Bonchev–Trinajstić information content (AvgIpc) is 2.30. The lowest BCUT2D eigenvalue weighted by Gasteiger charge is -2.37. The Labute approximate surface area is 115 Å². The molecule has 0 aromatic rings. The average molecular weight is 271 g/mol. The van der Waals surface area contributed by atoms with Gasteiger partial charge >= 0.3 is 5.97 Å². The van der Waals surface area contributed by atoms with Crippen molar-refractivity contribution in [2.75, 3.05) is 47.3 Å². The monoisotopic (exact) mass is 271 g/mol. The Morgan fingerprint density at radius 3 is 2.26 bits per heavy atom. The molecule has 1 heterocycles. The molecule has 0 atom stereocenters. The standard InChI is InChI=1S/C13H25N3O3/c1-14(2)8-9-16(12(17)10-13(18)19)11-4-6-15(3)7-5-11/h11H,4-10H2,1-3H3,(H,18,19). The summed E-state index contributed by atoms with van der Waals surface area (Å²) in [6.45, 7) is 3.29. The maximum atomic E-state index is 12.1. The summed E-state index contributed by atoms with van der Waals surface area (Å²) in [6, 6.07) is 0.183. The summed E-state index contributed by atoms with van der Waals surface area (Å²) in [4.78, 5) is 28.8. The summed E-state index contributed by atoms with van der Waals surface area (Å²) in [5.41, 5.74) is 0. The minimum absolute atomic E-state index is 0.183. The normalized spacial score (nSPS) is 17.7. The molecule has 110 valence electrons. The molecule has 0 aliphatic carbocycles. The highest BCUT2D eigenvalue weighted by Gasteiger charge is 2.27.